The smallest absolute Gasteiger partial charge is 0.421 e. The van der Waals surface area contributed by atoms with Gasteiger partial charge in [-0.15, -0.1) is 0 Å². The summed E-state index contributed by atoms with van der Waals surface area (Å²) in [5.74, 6) is -0.250. The van der Waals surface area contributed by atoms with Crippen LogP contribution >= 0.6 is 15.9 Å². The Balaban J connectivity index is 2.36. The maximum atomic E-state index is 13.3. The lowest BCUT2D eigenvalue weighted by molar-refractivity contribution is -0.137. The second-order valence-electron chi connectivity index (χ2n) is 5.45. The predicted octanol–water partition coefficient (Wildman–Crippen LogP) is 5.59. The van der Waals surface area contributed by atoms with Gasteiger partial charge in [-0.1, -0.05) is 31.9 Å². The molecular formula is C17H19BrF3N3O. The topological polar surface area (TPSA) is 38.2 Å². The molecule has 8 heteroatoms. The van der Waals surface area contributed by atoms with Gasteiger partial charge in [-0.05, 0) is 34.5 Å². The number of ether oxygens (including phenoxy) is 1. The van der Waals surface area contributed by atoms with Gasteiger partial charge in [0, 0.05) is 17.7 Å². The molecule has 1 aromatic carbocycles. The average molecular weight is 418 g/mol. The lowest BCUT2D eigenvalue weighted by Gasteiger charge is -2.23. The summed E-state index contributed by atoms with van der Waals surface area (Å²) in [6.45, 7) is 2.43. The number of unbranched alkanes of at least 4 members (excludes halogenated alkanes) is 2. The van der Waals surface area contributed by atoms with E-state index in [1.807, 2.05) is 0 Å². The number of anilines is 2. The summed E-state index contributed by atoms with van der Waals surface area (Å²) in [5, 5.41) is 0. The number of aromatic nitrogens is 2. The van der Waals surface area contributed by atoms with Crippen molar-refractivity contribution in [3.8, 4) is 6.01 Å². The van der Waals surface area contributed by atoms with Gasteiger partial charge in [-0.3, -0.25) is 0 Å². The lowest BCUT2D eigenvalue weighted by Crippen LogP contribution is -2.19. The van der Waals surface area contributed by atoms with Gasteiger partial charge >= 0.3 is 12.2 Å². The Morgan fingerprint density at radius 1 is 1.20 bits per heavy atom. The van der Waals surface area contributed by atoms with Gasteiger partial charge in [-0.25, -0.2) is 4.98 Å². The largest absolute Gasteiger partial charge is 0.463 e. The van der Waals surface area contributed by atoms with Crippen LogP contribution in [-0.2, 0) is 6.18 Å². The minimum Gasteiger partial charge on any atom is -0.463 e. The van der Waals surface area contributed by atoms with Crippen molar-refractivity contribution in [2.24, 2.45) is 0 Å². The van der Waals surface area contributed by atoms with E-state index in [4.69, 9.17) is 4.74 Å². The molecule has 0 spiro atoms. The number of halogens is 4. The molecule has 25 heavy (non-hydrogen) atoms. The van der Waals surface area contributed by atoms with Crippen LogP contribution in [0.25, 0.3) is 0 Å². The van der Waals surface area contributed by atoms with Crippen LogP contribution in [0, 0.1) is 0 Å². The van der Waals surface area contributed by atoms with Crippen LogP contribution in [0.5, 0.6) is 6.01 Å². The molecule has 0 atom stereocenters. The van der Waals surface area contributed by atoms with Crippen molar-refractivity contribution in [1.82, 2.24) is 9.97 Å². The molecular weight excluding hydrogens is 399 g/mol. The monoisotopic (exact) mass is 417 g/mol. The van der Waals surface area contributed by atoms with Crippen LogP contribution in [0.4, 0.5) is 24.7 Å². The Hall–Kier alpha value is -1.83. The Kier molecular flexibility index (Phi) is 6.64. The van der Waals surface area contributed by atoms with Gasteiger partial charge in [0.25, 0.3) is 0 Å². The number of rotatable bonds is 7. The summed E-state index contributed by atoms with van der Waals surface area (Å²) in [7, 11) is 1.53. The molecule has 0 radical (unpaired) electrons. The molecule has 0 amide bonds. The van der Waals surface area contributed by atoms with Crippen molar-refractivity contribution in [2.75, 3.05) is 18.6 Å². The van der Waals surface area contributed by atoms with Gasteiger partial charge in [0.1, 0.15) is 5.56 Å². The maximum Gasteiger partial charge on any atom is 0.421 e. The summed E-state index contributed by atoms with van der Waals surface area (Å²) in [4.78, 5) is 9.08. The van der Waals surface area contributed by atoms with E-state index in [0.29, 0.717) is 16.8 Å². The SMILES string of the molecule is CCCCCOc1ncc(C(F)(F)F)c(N(C)c2ccccc2Br)n1. The third-order valence-electron chi connectivity index (χ3n) is 3.56. The molecule has 0 bridgehead atoms. The Morgan fingerprint density at radius 3 is 2.56 bits per heavy atom. The van der Waals surface area contributed by atoms with E-state index < -0.39 is 11.7 Å². The van der Waals surface area contributed by atoms with Gasteiger partial charge in [0.2, 0.25) is 0 Å². The van der Waals surface area contributed by atoms with Gasteiger partial charge < -0.3 is 9.64 Å². The first-order chi connectivity index (χ1) is 11.8. The number of hydrogen-bond donors (Lipinski definition) is 0. The quantitative estimate of drug-likeness (QED) is 0.549. The van der Waals surface area contributed by atoms with Crippen molar-refractivity contribution in [1.29, 1.82) is 0 Å². The number of alkyl halides is 3. The molecule has 0 N–H and O–H groups in total. The Bertz CT molecular complexity index is 710. The zero-order valence-electron chi connectivity index (χ0n) is 14.0. The molecule has 0 saturated carbocycles. The zero-order valence-corrected chi connectivity index (χ0v) is 15.6. The second kappa shape index (κ2) is 8.51. The summed E-state index contributed by atoms with van der Waals surface area (Å²) >= 11 is 3.35. The fraction of sp³-hybridized carbons (Fsp3) is 0.412. The minimum atomic E-state index is -4.56. The van der Waals surface area contributed by atoms with E-state index in [-0.39, 0.29) is 11.8 Å². The summed E-state index contributed by atoms with van der Waals surface area (Å²) in [6, 6.07) is 6.93. The van der Waals surface area contributed by atoms with Crippen LogP contribution in [-0.4, -0.2) is 23.6 Å². The number of hydrogen-bond acceptors (Lipinski definition) is 4. The average Bonchev–Trinajstić information content (AvgIpc) is 2.57. The number of nitrogens with zero attached hydrogens (tertiary/aromatic N) is 3. The lowest BCUT2D eigenvalue weighted by atomic mass is 10.2. The number of para-hydroxylation sites is 1. The van der Waals surface area contributed by atoms with E-state index in [1.54, 1.807) is 24.3 Å². The zero-order chi connectivity index (χ0) is 18.4. The molecule has 0 unspecified atom stereocenters. The highest BCUT2D eigenvalue weighted by Crippen LogP contribution is 2.39. The fourth-order valence-electron chi connectivity index (χ4n) is 2.24. The molecule has 0 aliphatic rings. The second-order valence-corrected chi connectivity index (χ2v) is 6.31. The van der Waals surface area contributed by atoms with Crippen LogP contribution in [0.2, 0.25) is 0 Å². The molecule has 0 saturated heterocycles. The molecule has 1 heterocycles. The molecule has 136 valence electrons. The highest BCUT2D eigenvalue weighted by atomic mass is 79.9. The summed E-state index contributed by atoms with van der Waals surface area (Å²) in [6.07, 6.45) is -0.996. The van der Waals surface area contributed by atoms with Crippen LogP contribution in [0.1, 0.15) is 31.7 Å². The number of benzene rings is 1. The normalized spacial score (nSPS) is 11.4. The Morgan fingerprint density at radius 2 is 1.92 bits per heavy atom. The first kappa shape index (κ1) is 19.5. The van der Waals surface area contributed by atoms with Crippen LogP contribution in [0.15, 0.2) is 34.9 Å². The fourth-order valence-corrected chi connectivity index (χ4v) is 2.79. The summed E-state index contributed by atoms with van der Waals surface area (Å²) in [5.41, 5.74) is -0.352. The van der Waals surface area contributed by atoms with Crippen molar-refractivity contribution in [2.45, 2.75) is 32.4 Å². The Labute approximate surface area is 153 Å². The van der Waals surface area contributed by atoms with Gasteiger partial charge in [-0.2, -0.15) is 18.2 Å². The van der Waals surface area contributed by atoms with Gasteiger partial charge in [0.15, 0.2) is 5.82 Å². The molecule has 2 rings (SSSR count). The first-order valence-electron chi connectivity index (χ1n) is 7.90. The molecule has 0 fully saturated rings. The third-order valence-corrected chi connectivity index (χ3v) is 4.23. The maximum absolute atomic E-state index is 13.3. The molecule has 2 aromatic rings. The van der Waals surface area contributed by atoms with Gasteiger partial charge in [0.05, 0.1) is 12.3 Å². The van der Waals surface area contributed by atoms with E-state index in [9.17, 15) is 13.2 Å². The van der Waals surface area contributed by atoms with Crippen molar-refractivity contribution >= 4 is 27.4 Å². The molecule has 0 aliphatic carbocycles. The van der Waals surface area contributed by atoms with Crippen LogP contribution in [0.3, 0.4) is 0 Å². The predicted molar refractivity (Wildman–Crippen MR) is 94.3 cm³/mol. The first-order valence-corrected chi connectivity index (χ1v) is 8.69. The van der Waals surface area contributed by atoms with E-state index in [2.05, 4.69) is 32.8 Å². The van der Waals surface area contributed by atoms with E-state index in [0.717, 1.165) is 25.5 Å². The summed E-state index contributed by atoms with van der Waals surface area (Å²) < 4.78 is 46.1. The van der Waals surface area contributed by atoms with Crippen molar-refractivity contribution < 1.29 is 17.9 Å². The highest BCUT2D eigenvalue weighted by Gasteiger charge is 2.37. The minimum absolute atomic E-state index is 0.0574. The standard InChI is InChI=1S/C17H19BrF3N3O/c1-3-4-7-10-25-16-22-11-12(17(19,20)21)15(23-16)24(2)14-9-6-5-8-13(14)18/h5-6,8-9,11H,3-4,7,10H2,1-2H3. The molecule has 0 aliphatic heterocycles. The van der Waals surface area contributed by atoms with Crippen molar-refractivity contribution in [3.05, 3.63) is 40.5 Å². The third kappa shape index (κ3) is 5.07. The van der Waals surface area contributed by atoms with Crippen LogP contribution < -0.4 is 9.64 Å². The highest BCUT2D eigenvalue weighted by molar-refractivity contribution is 9.10. The van der Waals surface area contributed by atoms with E-state index >= 15 is 0 Å². The van der Waals surface area contributed by atoms with E-state index in [1.165, 1.54) is 11.9 Å². The van der Waals surface area contributed by atoms with Crippen molar-refractivity contribution in [3.63, 3.8) is 0 Å². The molecule has 4 nitrogen and oxygen atoms in total. The molecule has 1 aromatic heterocycles.